The van der Waals surface area contributed by atoms with Crippen LogP contribution in [0.3, 0.4) is 0 Å². The minimum Gasteiger partial charge on any atom is -0.382 e. The Morgan fingerprint density at radius 1 is 1.38 bits per heavy atom. The average molecular weight is 218 g/mol. The lowest BCUT2D eigenvalue weighted by atomic mass is 10.1. The highest BCUT2D eigenvalue weighted by molar-refractivity contribution is 5.96. The van der Waals surface area contributed by atoms with Crippen LogP contribution in [0.15, 0.2) is 30.8 Å². The van der Waals surface area contributed by atoms with Gasteiger partial charge in [-0.25, -0.2) is 0 Å². The summed E-state index contributed by atoms with van der Waals surface area (Å²) in [6, 6.07) is 7.51. The Kier molecular flexibility index (Phi) is 5.51. The number of hydrogen-bond donors (Lipinski definition) is 0. The monoisotopic (exact) mass is 218 g/mol. The van der Waals surface area contributed by atoms with E-state index in [9.17, 15) is 4.79 Å². The lowest BCUT2D eigenvalue weighted by Gasteiger charge is -2.02. The van der Waals surface area contributed by atoms with Gasteiger partial charge in [0.15, 0.2) is 5.78 Å². The highest BCUT2D eigenvalue weighted by atomic mass is 16.5. The molecule has 0 heterocycles. The number of carbonyl (C=O) groups is 1. The average Bonchev–Trinajstić information content (AvgIpc) is 2.34. The molecule has 1 aromatic rings. The summed E-state index contributed by atoms with van der Waals surface area (Å²) in [6.07, 6.45) is 3.10. The topological polar surface area (TPSA) is 26.3 Å². The zero-order chi connectivity index (χ0) is 11.8. The number of benzene rings is 1. The Bertz CT molecular complexity index is 338. The molecule has 16 heavy (non-hydrogen) atoms. The second-order valence-corrected chi connectivity index (χ2v) is 3.55. The maximum Gasteiger partial charge on any atom is 0.162 e. The van der Waals surface area contributed by atoms with E-state index < -0.39 is 0 Å². The van der Waals surface area contributed by atoms with Crippen LogP contribution in [-0.4, -0.2) is 19.0 Å². The van der Waals surface area contributed by atoms with Crippen molar-refractivity contribution in [3.63, 3.8) is 0 Å². The van der Waals surface area contributed by atoms with Crippen molar-refractivity contribution in [2.75, 3.05) is 13.2 Å². The summed E-state index contributed by atoms with van der Waals surface area (Å²) < 4.78 is 5.19. The van der Waals surface area contributed by atoms with Crippen LogP contribution < -0.4 is 0 Å². The molecule has 0 aliphatic carbocycles. The zero-order valence-corrected chi connectivity index (χ0v) is 9.74. The van der Waals surface area contributed by atoms with Gasteiger partial charge < -0.3 is 4.74 Å². The molecule has 1 aromatic carbocycles. The minimum absolute atomic E-state index is 0.176. The number of ketones is 1. The third-order valence-electron chi connectivity index (χ3n) is 2.36. The standard InChI is InChI=1S/C14H18O2/c1-3-12-7-9-13(10-8-12)14(15)6-5-11-16-4-2/h3,7-10H,1,4-6,11H2,2H3. The maximum atomic E-state index is 11.7. The Hall–Kier alpha value is -1.41. The Morgan fingerprint density at radius 2 is 2.06 bits per heavy atom. The largest absolute Gasteiger partial charge is 0.382 e. The van der Waals surface area contributed by atoms with Crippen molar-refractivity contribution >= 4 is 11.9 Å². The molecule has 0 saturated heterocycles. The Labute approximate surface area is 96.9 Å². The molecule has 0 atom stereocenters. The summed E-state index contributed by atoms with van der Waals surface area (Å²) in [6.45, 7) is 7.00. The Morgan fingerprint density at radius 3 is 2.62 bits per heavy atom. The van der Waals surface area contributed by atoms with E-state index in [0.29, 0.717) is 19.6 Å². The SMILES string of the molecule is C=Cc1ccc(C(=O)CCCOCC)cc1. The van der Waals surface area contributed by atoms with Crippen LogP contribution in [0.1, 0.15) is 35.7 Å². The molecule has 0 radical (unpaired) electrons. The van der Waals surface area contributed by atoms with Gasteiger partial charge >= 0.3 is 0 Å². The van der Waals surface area contributed by atoms with Crippen molar-refractivity contribution in [2.24, 2.45) is 0 Å². The number of carbonyl (C=O) groups excluding carboxylic acids is 1. The molecule has 0 amide bonds. The van der Waals surface area contributed by atoms with E-state index in [0.717, 1.165) is 17.5 Å². The minimum atomic E-state index is 0.176. The van der Waals surface area contributed by atoms with Gasteiger partial charge in [-0.05, 0) is 18.9 Å². The van der Waals surface area contributed by atoms with Crippen molar-refractivity contribution in [1.29, 1.82) is 0 Å². The van der Waals surface area contributed by atoms with E-state index in [4.69, 9.17) is 4.74 Å². The lowest BCUT2D eigenvalue weighted by Crippen LogP contribution is -2.02. The van der Waals surface area contributed by atoms with Crippen LogP contribution in [0.2, 0.25) is 0 Å². The summed E-state index contributed by atoms with van der Waals surface area (Å²) in [5, 5.41) is 0. The third kappa shape index (κ3) is 3.99. The number of hydrogen-bond acceptors (Lipinski definition) is 2. The molecule has 0 spiro atoms. The third-order valence-corrected chi connectivity index (χ3v) is 2.36. The molecule has 1 rings (SSSR count). The molecule has 0 fully saturated rings. The first-order valence-electron chi connectivity index (χ1n) is 5.61. The van der Waals surface area contributed by atoms with Gasteiger partial charge in [-0.2, -0.15) is 0 Å². The van der Waals surface area contributed by atoms with Crippen LogP contribution >= 0.6 is 0 Å². The second kappa shape index (κ2) is 6.96. The molecule has 0 N–H and O–H groups in total. The quantitative estimate of drug-likeness (QED) is 0.518. The van der Waals surface area contributed by atoms with Crippen LogP contribution in [-0.2, 0) is 4.74 Å². The molecule has 0 bridgehead atoms. The van der Waals surface area contributed by atoms with Gasteiger partial charge in [-0.15, -0.1) is 0 Å². The van der Waals surface area contributed by atoms with Gasteiger partial charge in [0.2, 0.25) is 0 Å². The summed E-state index contributed by atoms with van der Waals surface area (Å²) in [7, 11) is 0. The van der Waals surface area contributed by atoms with E-state index in [1.165, 1.54) is 0 Å². The molecule has 0 aliphatic heterocycles. The first-order chi connectivity index (χ1) is 7.77. The van der Waals surface area contributed by atoms with Crippen LogP contribution in [0, 0.1) is 0 Å². The van der Waals surface area contributed by atoms with Crippen molar-refractivity contribution in [3.8, 4) is 0 Å². The van der Waals surface area contributed by atoms with E-state index in [1.54, 1.807) is 6.08 Å². The van der Waals surface area contributed by atoms with Gasteiger partial charge in [0.1, 0.15) is 0 Å². The van der Waals surface area contributed by atoms with Crippen LogP contribution in [0.5, 0.6) is 0 Å². The Balaban J connectivity index is 2.43. The predicted octanol–water partition coefficient (Wildman–Crippen LogP) is 3.33. The van der Waals surface area contributed by atoms with E-state index >= 15 is 0 Å². The predicted molar refractivity (Wildman–Crippen MR) is 66.6 cm³/mol. The summed E-state index contributed by atoms with van der Waals surface area (Å²) >= 11 is 0. The first-order valence-corrected chi connectivity index (χ1v) is 5.61. The molecular weight excluding hydrogens is 200 g/mol. The molecule has 0 aromatic heterocycles. The van der Waals surface area contributed by atoms with Gasteiger partial charge in [-0.1, -0.05) is 36.9 Å². The number of rotatable bonds is 7. The molecule has 0 saturated carbocycles. The van der Waals surface area contributed by atoms with Crippen molar-refractivity contribution in [2.45, 2.75) is 19.8 Å². The van der Waals surface area contributed by atoms with Crippen LogP contribution in [0.25, 0.3) is 6.08 Å². The molecule has 0 aliphatic rings. The zero-order valence-electron chi connectivity index (χ0n) is 9.74. The van der Waals surface area contributed by atoms with Gasteiger partial charge in [0.25, 0.3) is 0 Å². The highest BCUT2D eigenvalue weighted by Gasteiger charge is 2.04. The first kappa shape index (κ1) is 12.7. The fourth-order valence-corrected chi connectivity index (χ4v) is 1.43. The van der Waals surface area contributed by atoms with E-state index in [2.05, 4.69) is 6.58 Å². The van der Waals surface area contributed by atoms with Gasteiger partial charge in [0.05, 0.1) is 0 Å². The normalized spacial score (nSPS) is 10.1. The lowest BCUT2D eigenvalue weighted by molar-refractivity contribution is 0.0947. The van der Waals surface area contributed by atoms with Crippen LogP contribution in [0.4, 0.5) is 0 Å². The molecule has 0 unspecified atom stereocenters. The highest BCUT2D eigenvalue weighted by Crippen LogP contribution is 2.09. The molecule has 2 nitrogen and oxygen atoms in total. The van der Waals surface area contributed by atoms with Gasteiger partial charge in [-0.3, -0.25) is 4.79 Å². The number of ether oxygens (including phenoxy) is 1. The number of Topliss-reactive ketones (excluding diaryl/α,β-unsaturated/α-hetero) is 1. The fourth-order valence-electron chi connectivity index (χ4n) is 1.43. The molecule has 86 valence electrons. The maximum absolute atomic E-state index is 11.7. The molecular formula is C14H18O2. The van der Waals surface area contributed by atoms with Crippen molar-refractivity contribution < 1.29 is 9.53 Å². The van der Waals surface area contributed by atoms with Crippen molar-refractivity contribution in [3.05, 3.63) is 42.0 Å². The molecule has 2 heteroatoms. The smallest absolute Gasteiger partial charge is 0.162 e. The summed E-state index contributed by atoms with van der Waals surface area (Å²) in [4.78, 5) is 11.7. The van der Waals surface area contributed by atoms with E-state index in [-0.39, 0.29) is 5.78 Å². The van der Waals surface area contributed by atoms with Gasteiger partial charge in [0, 0.05) is 25.2 Å². The second-order valence-electron chi connectivity index (χ2n) is 3.55. The summed E-state index contributed by atoms with van der Waals surface area (Å²) in [5.74, 6) is 0.176. The van der Waals surface area contributed by atoms with E-state index in [1.807, 2.05) is 31.2 Å². The van der Waals surface area contributed by atoms with Crippen molar-refractivity contribution in [1.82, 2.24) is 0 Å². The summed E-state index contributed by atoms with van der Waals surface area (Å²) in [5.41, 5.74) is 1.80. The fraction of sp³-hybridized carbons (Fsp3) is 0.357.